The van der Waals surface area contributed by atoms with E-state index in [9.17, 15) is 0 Å². The topological polar surface area (TPSA) is 15.3 Å². The Bertz CT molecular complexity index is 50.9. The number of rotatable bonds is 4. The van der Waals surface area contributed by atoms with Crippen molar-refractivity contribution in [2.24, 2.45) is 0 Å². The second-order valence-electron chi connectivity index (χ2n) is 2.00. The summed E-state index contributed by atoms with van der Waals surface area (Å²) >= 11 is 2.42. The molecule has 0 aromatic rings. The molecule has 0 rings (SSSR count). The van der Waals surface area contributed by atoms with Crippen molar-refractivity contribution >= 4 is 16.3 Å². The largest absolute Gasteiger partial charge is 0.318 e. The monoisotopic (exact) mass is 158 g/mol. The molecule has 0 aromatic heterocycles. The van der Waals surface area contributed by atoms with Gasteiger partial charge in [0.15, 0.2) is 0 Å². The van der Waals surface area contributed by atoms with Gasteiger partial charge in [0.25, 0.3) is 0 Å². The molecule has 1 N–H and O–H groups in total. The third-order valence-electron chi connectivity index (χ3n) is 1.28. The molecule has 0 aliphatic carbocycles. The van der Waals surface area contributed by atoms with Crippen molar-refractivity contribution in [1.82, 2.24) is 10.2 Å². The minimum Gasteiger partial charge on any atom is -0.318 e. The molecule has 0 aromatic carbocycles. The van der Waals surface area contributed by atoms with E-state index < -0.39 is 0 Å². The highest BCUT2D eigenvalue weighted by Crippen LogP contribution is 1.75. The molecule has 10 heavy (non-hydrogen) atoms. The van der Waals surface area contributed by atoms with Crippen LogP contribution in [0.2, 0.25) is 5.79 Å². The minimum absolute atomic E-state index is 1.09. The maximum Gasteiger partial charge on any atom is 0.112 e. The summed E-state index contributed by atoms with van der Waals surface area (Å²) in [6.45, 7) is 5.54. The van der Waals surface area contributed by atoms with Gasteiger partial charge in [0.05, 0.1) is 0 Å². The molecule has 0 atom stereocenters. The maximum absolute atomic E-state index is 3.09. The molecule has 0 heterocycles. The Morgan fingerprint density at radius 3 is 2.20 bits per heavy atom. The normalized spacial score (nSPS) is 8.90. The summed E-state index contributed by atoms with van der Waals surface area (Å²) in [6.07, 6.45) is 0. The Labute approximate surface area is 73.4 Å². The number of likely N-dealkylation sites (N-methyl/N-ethyl adjacent to an activating group) is 2. The summed E-state index contributed by atoms with van der Waals surface area (Å²) in [7, 11) is 4.10. The molecule has 0 saturated heterocycles. The van der Waals surface area contributed by atoms with Gasteiger partial charge in [0, 0.05) is 13.1 Å². The highest BCUT2D eigenvalue weighted by atomic mass is 27.0. The third-order valence-corrected chi connectivity index (χ3v) is 1.28. The molecular weight excluding hydrogens is 139 g/mol. The average Bonchev–Trinajstić information content (AvgIpc) is 2.04. The molecule has 0 fully saturated rings. The Hall–Kier alpha value is 0.452. The summed E-state index contributed by atoms with van der Waals surface area (Å²) in [4.78, 5) is 2.27. The van der Waals surface area contributed by atoms with Gasteiger partial charge < -0.3 is 10.2 Å². The molecule has 3 heteroatoms. The quantitative estimate of drug-likeness (QED) is 0.594. The zero-order chi connectivity index (χ0) is 8.41. The second-order valence-corrected chi connectivity index (χ2v) is 2.00. The van der Waals surface area contributed by atoms with E-state index in [-0.39, 0.29) is 0 Å². The molecular formula is C7H19AlN2. The first-order chi connectivity index (χ1) is 4.81. The molecule has 0 aliphatic rings. The van der Waals surface area contributed by atoms with E-state index in [1.807, 2.05) is 12.8 Å². The summed E-state index contributed by atoms with van der Waals surface area (Å²) in [5.74, 6) is 1.92. The first kappa shape index (κ1) is 13.1. The van der Waals surface area contributed by atoms with Crippen molar-refractivity contribution in [2.45, 2.75) is 12.7 Å². The van der Waals surface area contributed by atoms with Crippen LogP contribution in [0.15, 0.2) is 0 Å². The Morgan fingerprint density at radius 1 is 1.40 bits per heavy atom. The van der Waals surface area contributed by atoms with Crippen molar-refractivity contribution in [3.63, 3.8) is 0 Å². The van der Waals surface area contributed by atoms with Gasteiger partial charge in [-0.15, -0.1) is 5.79 Å². The number of hydrogen-bond acceptors (Lipinski definition) is 2. The van der Waals surface area contributed by atoms with Crippen LogP contribution >= 0.6 is 0 Å². The van der Waals surface area contributed by atoms with E-state index in [1.165, 1.54) is 0 Å². The SMILES string of the molecule is CCN(C)CCNC.[CH3][Al]. The van der Waals surface area contributed by atoms with E-state index >= 15 is 0 Å². The molecule has 0 saturated carbocycles. The second kappa shape index (κ2) is 12.2. The van der Waals surface area contributed by atoms with Crippen molar-refractivity contribution < 1.29 is 0 Å². The summed E-state index contributed by atoms with van der Waals surface area (Å²) in [5, 5.41) is 3.09. The van der Waals surface area contributed by atoms with Crippen molar-refractivity contribution in [1.29, 1.82) is 0 Å². The van der Waals surface area contributed by atoms with E-state index in [4.69, 9.17) is 0 Å². The highest BCUT2D eigenvalue weighted by Gasteiger charge is 1.88. The van der Waals surface area contributed by atoms with Gasteiger partial charge in [-0.2, -0.15) is 0 Å². The lowest BCUT2D eigenvalue weighted by molar-refractivity contribution is 0.354. The average molecular weight is 158 g/mol. The van der Waals surface area contributed by atoms with Crippen LogP contribution in [0.5, 0.6) is 0 Å². The van der Waals surface area contributed by atoms with E-state index in [0.29, 0.717) is 0 Å². The summed E-state index contributed by atoms with van der Waals surface area (Å²) in [6, 6.07) is 0. The first-order valence-electron chi connectivity index (χ1n) is 3.72. The van der Waals surface area contributed by atoms with Gasteiger partial charge in [-0.3, -0.25) is 0 Å². The van der Waals surface area contributed by atoms with Crippen LogP contribution in [0.25, 0.3) is 0 Å². The predicted octanol–water partition coefficient (Wildman–Crippen LogP) is 0.360. The van der Waals surface area contributed by atoms with Gasteiger partial charge in [-0.25, -0.2) is 0 Å². The van der Waals surface area contributed by atoms with Crippen LogP contribution < -0.4 is 5.32 Å². The van der Waals surface area contributed by atoms with Crippen molar-refractivity contribution in [3.8, 4) is 0 Å². The van der Waals surface area contributed by atoms with Crippen LogP contribution in [-0.2, 0) is 0 Å². The lowest BCUT2D eigenvalue weighted by Gasteiger charge is -2.11. The van der Waals surface area contributed by atoms with Gasteiger partial charge in [-0.05, 0) is 20.6 Å². The van der Waals surface area contributed by atoms with E-state index in [2.05, 4.69) is 40.5 Å². The Morgan fingerprint density at radius 2 is 1.90 bits per heavy atom. The number of nitrogens with one attached hydrogen (secondary N) is 1. The molecule has 2 nitrogen and oxygen atoms in total. The molecule has 0 bridgehead atoms. The van der Waals surface area contributed by atoms with Crippen LogP contribution in [0, 0.1) is 0 Å². The van der Waals surface area contributed by atoms with Gasteiger partial charge in [0.1, 0.15) is 16.3 Å². The van der Waals surface area contributed by atoms with Gasteiger partial charge in [0.2, 0.25) is 0 Å². The van der Waals surface area contributed by atoms with Crippen LogP contribution in [-0.4, -0.2) is 54.9 Å². The van der Waals surface area contributed by atoms with Crippen LogP contribution in [0.3, 0.4) is 0 Å². The number of hydrogen-bond donors (Lipinski definition) is 1. The Balaban J connectivity index is 0. The molecule has 60 valence electrons. The fourth-order valence-electron chi connectivity index (χ4n) is 0.461. The van der Waals surface area contributed by atoms with Crippen LogP contribution in [0.1, 0.15) is 6.92 Å². The molecule has 0 amide bonds. The lowest BCUT2D eigenvalue weighted by atomic mass is 10.5. The van der Waals surface area contributed by atoms with Crippen molar-refractivity contribution in [3.05, 3.63) is 0 Å². The molecule has 2 radical (unpaired) electrons. The zero-order valence-electron chi connectivity index (χ0n) is 7.65. The van der Waals surface area contributed by atoms with Gasteiger partial charge in [-0.1, -0.05) is 6.92 Å². The molecule has 0 spiro atoms. The first-order valence-corrected chi connectivity index (χ1v) is 4.87. The fourth-order valence-corrected chi connectivity index (χ4v) is 0.461. The highest BCUT2D eigenvalue weighted by molar-refractivity contribution is 6.05. The predicted molar refractivity (Wildman–Crippen MR) is 48.7 cm³/mol. The summed E-state index contributed by atoms with van der Waals surface area (Å²) in [5.41, 5.74) is 0. The third kappa shape index (κ3) is 11.3. The summed E-state index contributed by atoms with van der Waals surface area (Å²) < 4.78 is 0. The maximum atomic E-state index is 3.09. The smallest absolute Gasteiger partial charge is 0.112 e. The van der Waals surface area contributed by atoms with Crippen molar-refractivity contribution in [2.75, 3.05) is 33.7 Å². The molecule has 0 unspecified atom stereocenters. The number of nitrogens with zero attached hydrogens (tertiary/aromatic N) is 1. The standard InChI is InChI=1S/C6H16N2.CH3.Al/c1-4-8(3)6-5-7-2;;/h7H,4-6H2,1-3H3;1H3;. The molecule has 0 aliphatic heterocycles. The minimum atomic E-state index is 1.09. The lowest BCUT2D eigenvalue weighted by Crippen LogP contribution is -2.26. The van der Waals surface area contributed by atoms with E-state index in [0.717, 1.165) is 19.6 Å². The van der Waals surface area contributed by atoms with Crippen LogP contribution in [0.4, 0.5) is 0 Å². The van der Waals surface area contributed by atoms with E-state index in [1.54, 1.807) is 0 Å². The zero-order valence-corrected chi connectivity index (χ0v) is 8.80. The fraction of sp³-hybridized carbons (Fsp3) is 1.00. The Kier molecular flexibility index (Phi) is 15.9. The van der Waals surface area contributed by atoms with Gasteiger partial charge >= 0.3 is 0 Å².